The zero-order chi connectivity index (χ0) is 22.8. The van der Waals surface area contributed by atoms with Crippen LogP contribution in [0.15, 0.2) is 36.4 Å². The van der Waals surface area contributed by atoms with E-state index in [1.807, 2.05) is 0 Å². The highest BCUT2D eigenvalue weighted by molar-refractivity contribution is 6.00. The summed E-state index contributed by atoms with van der Waals surface area (Å²) in [5, 5.41) is 49.3. The highest BCUT2D eigenvalue weighted by Gasteiger charge is 2.44. The van der Waals surface area contributed by atoms with Crippen molar-refractivity contribution in [2.75, 3.05) is 19.8 Å². The summed E-state index contributed by atoms with van der Waals surface area (Å²) in [5.41, 5.74) is 0.765. The summed E-state index contributed by atoms with van der Waals surface area (Å²) >= 11 is 0. The third-order valence-electron chi connectivity index (χ3n) is 5.34. The number of carbonyl (C=O) groups excluding carboxylic acids is 1. The molecule has 4 rings (SSSR count). The van der Waals surface area contributed by atoms with Crippen molar-refractivity contribution in [3.63, 3.8) is 0 Å². The highest BCUT2D eigenvalue weighted by atomic mass is 16.7. The highest BCUT2D eigenvalue weighted by Crippen LogP contribution is 2.32. The maximum absolute atomic E-state index is 12.7. The van der Waals surface area contributed by atoms with Crippen LogP contribution < -0.4 is 14.2 Å². The Hall–Kier alpha value is -2.89. The van der Waals surface area contributed by atoms with Crippen molar-refractivity contribution in [1.29, 1.82) is 0 Å². The number of phenolic OH excluding ortho intramolecular Hbond substituents is 1. The van der Waals surface area contributed by atoms with Gasteiger partial charge in [0, 0.05) is 12.5 Å². The predicted octanol–water partition coefficient (Wildman–Crippen LogP) is -0.233. The maximum Gasteiger partial charge on any atom is 0.229 e. The molecule has 0 bridgehead atoms. The fourth-order valence-electron chi connectivity index (χ4n) is 3.60. The molecule has 0 aliphatic carbocycles. The first-order valence-electron chi connectivity index (χ1n) is 10.1. The lowest BCUT2D eigenvalue weighted by atomic mass is 9.99. The largest absolute Gasteiger partial charge is 0.507 e. The second-order valence-corrected chi connectivity index (χ2v) is 7.57. The molecule has 10 heteroatoms. The molecular formula is C22H24O10. The van der Waals surface area contributed by atoms with Gasteiger partial charge in [-0.15, -0.1) is 0 Å². The molecule has 5 N–H and O–H groups in total. The Labute approximate surface area is 183 Å². The molecular weight excluding hydrogens is 424 g/mol. The van der Waals surface area contributed by atoms with E-state index >= 15 is 0 Å². The van der Waals surface area contributed by atoms with Crippen LogP contribution in [0, 0.1) is 0 Å². The van der Waals surface area contributed by atoms with E-state index < -0.39 is 37.3 Å². The van der Waals surface area contributed by atoms with Crippen LogP contribution in [-0.4, -0.2) is 81.8 Å². The zero-order valence-electron chi connectivity index (χ0n) is 17.0. The Balaban J connectivity index is 1.44. The number of carbonyl (C=O) groups is 1. The van der Waals surface area contributed by atoms with Crippen LogP contribution in [0.4, 0.5) is 0 Å². The Morgan fingerprint density at radius 1 is 0.969 bits per heavy atom. The first-order valence-corrected chi connectivity index (χ1v) is 10.1. The van der Waals surface area contributed by atoms with E-state index in [0.29, 0.717) is 30.3 Å². The van der Waals surface area contributed by atoms with Gasteiger partial charge in [-0.25, -0.2) is 0 Å². The summed E-state index contributed by atoms with van der Waals surface area (Å²) in [4.78, 5) is 12.7. The summed E-state index contributed by atoms with van der Waals surface area (Å²) in [5.74, 6) is 0.565. The molecule has 1 saturated heterocycles. The summed E-state index contributed by atoms with van der Waals surface area (Å²) in [6.07, 6.45) is -7.19. The lowest BCUT2D eigenvalue weighted by Gasteiger charge is -2.39. The van der Waals surface area contributed by atoms with Crippen LogP contribution in [0.25, 0.3) is 0 Å². The molecule has 0 saturated carbocycles. The molecule has 0 spiro atoms. The molecule has 10 nitrogen and oxygen atoms in total. The van der Waals surface area contributed by atoms with E-state index in [1.165, 1.54) is 18.2 Å². The fraction of sp³-hybridized carbons (Fsp3) is 0.409. The minimum atomic E-state index is -1.59. The number of fused-ring (bicyclic) bond motifs is 1. The van der Waals surface area contributed by atoms with Gasteiger partial charge in [-0.05, 0) is 29.8 Å². The molecule has 5 atom stereocenters. The Morgan fingerprint density at radius 3 is 2.44 bits per heavy atom. The number of benzene rings is 2. The van der Waals surface area contributed by atoms with Crippen LogP contribution in [-0.2, 0) is 11.2 Å². The number of ketones is 1. The SMILES string of the molecule is O=C(Cc1ccc2c(c1)OCCO2)c1ccc(O[C@H]2O[C@@H](CO)[C@@H](O)[C@@H](O)[C@H]2O)cc1O. The Bertz CT molecular complexity index is 975. The zero-order valence-corrected chi connectivity index (χ0v) is 17.0. The number of ether oxygens (including phenoxy) is 4. The van der Waals surface area contributed by atoms with Crippen LogP contribution in [0.5, 0.6) is 23.0 Å². The van der Waals surface area contributed by atoms with Gasteiger partial charge in [-0.2, -0.15) is 0 Å². The molecule has 0 amide bonds. The fourth-order valence-corrected chi connectivity index (χ4v) is 3.60. The predicted molar refractivity (Wildman–Crippen MR) is 108 cm³/mol. The van der Waals surface area contributed by atoms with Crippen molar-refractivity contribution in [3.05, 3.63) is 47.5 Å². The van der Waals surface area contributed by atoms with E-state index in [0.717, 1.165) is 0 Å². The van der Waals surface area contributed by atoms with E-state index in [2.05, 4.69) is 0 Å². The molecule has 32 heavy (non-hydrogen) atoms. The van der Waals surface area contributed by atoms with Gasteiger partial charge < -0.3 is 44.5 Å². The summed E-state index contributed by atoms with van der Waals surface area (Å²) in [7, 11) is 0. The van der Waals surface area contributed by atoms with Crippen molar-refractivity contribution >= 4 is 5.78 Å². The molecule has 2 heterocycles. The topological polar surface area (TPSA) is 155 Å². The van der Waals surface area contributed by atoms with E-state index in [-0.39, 0.29) is 29.3 Å². The van der Waals surface area contributed by atoms with E-state index in [9.17, 15) is 30.3 Å². The summed E-state index contributed by atoms with van der Waals surface area (Å²) in [6, 6.07) is 9.15. The minimum Gasteiger partial charge on any atom is -0.507 e. The first-order chi connectivity index (χ1) is 15.4. The van der Waals surface area contributed by atoms with Gasteiger partial charge in [0.05, 0.1) is 12.2 Å². The number of aromatic hydroxyl groups is 1. The minimum absolute atomic E-state index is 0.0249. The molecule has 172 valence electrons. The van der Waals surface area contributed by atoms with Crippen molar-refractivity contribution in [3.8, 4) is 23.0 Å². The maximum atomic E-state index is 12.7. The van der Waals surface area contributed by atoms with Gasteiger partial charge in [-0.1, -0.05) is 6.07 Å². The van der Waals surface area contributed by atoms with Gasteiger partial charge in [0.1, 0.15) is 49.1 Å². The van der Waals surface area contributed by atoms with E-state index in [4.69, 9.17) is 18.9 Å². The first kappa shape index (κ1) is 22.3. The van der Waals surface area contributed by atoms with Crippen molar-refractivity contribution in [1.82, 2.24) is 0 Å². The number of hydrogen-bond donors (Lipinski definition) is 5. The molecule has 2 aliphatic rings. The Kier molecular flexibility index (Phi) is 6.49. The number of aliphatic hydroxyl groups is 4. The van der Waals surface area contributed by atoms with E-state index in [1.54, 1.807) is 18.2 Å². The molecule has 2 aromatic carbocycles. The monoisotopic (exact) mass is 448 g/mol. The number of phenols is 1. The van der Waals surface area contributed by atoms with Gasteiger partial charge in [-0.3, -0.25) is 4.79 Å². The molecule has 0 radical (unpaired) electrons. The van der Waals surface area contributed by atoms with Gasteiger partial charge >= 0.3 is 0 Å². The molecule has 2 aromatic rings. The van der Waals surface area contributed by atoms with Gasteiger partial charge in [0.25, 0.3) is 0 Å². The second kappa shape index (κ2) is 9.31. The molecule has 1 fully saturated rings. The lowest BCUT2D eigenvalue weighted by Crippen LogP contribution is -2.60. The lowest BCUT2D eigenvalue weighted by molar-refractivity contribution is -0.277. The van der Waals surface area contributed by atoms with Crippen molar-refractivity contribution in [2.45, 2.75) is 37.1 Å². The summed E-state index contributed by atoms with van der Waals surface area (Å²) < 4.78 is 21.7. The number of rotatable bonds is 6. The molecule has 0 aromatic heterocycles. The van der Waals surface area contributed by atoms with Crippen molar-refractivity contribution in [2.24, 2.45) is 0 Å². The van der Waals surface area contributed by atoms with Crippen LogP contribution >= 0.6 is 0 Å². The molecule has 2 aliphatic heterocycles. The van der Waals surface area contributed by atoms with Crippen LogP contribution in [0.1, 0.15) is 15.9 Å². The third-order valence-corrected chi connectivity index (χ3v) is 5.34. The van der Waals surface area contributed by atoms with Gasteiger partial charge in [0.15, 0.2) is 17.3 Å². The smallest absolute Gasteiger partial charge is 0.229 e. The number of hydrogen-bond acceptors (Lipinski definition) is 10. The van der Waals surface area contributed by atoms with Crippen LogP contribution in [0.3, 0.4) is 0 Å². The number of aliphatic hydroxyl groups excluding tert-OH is 4. The quantitative estimate of drug-likeness (QED) is 0.374. The Morgan fingerprint density at radius 2 is 1.72 bits per heavy atom. The third kappa shape index (κ3) is 4.50. The average molecular weight is 448 g/mol. The summed E-state index contributed by atoms with van der Waals surface area (Å²) in [6.45, 7) is 0.307. The van der Waals surface area contributed by atoms with Crippen molar-refractivity contribution < 1.29 is 49.3 Å². The second-order valence-electron chi connectivity index (χ2n) is 7.57. The molecule has 0 unspecified atom stereocenters. The average Bonchev–Trinajstić information content (AvgIpc) is 2.79. The standard InChI is InChI=1S/C22H24O10/c23-10-18-19(26)20(27)21(28)22(32-18)31-12-2-3-13(15(25)9-12)14(24)7-11-1-4-16-17(8-11)30-6-5-29-16/h1-4,8-9,18-23,25-28H,5-7,10H2/t18-,19+,20+,21+,22-/m0/s1. The van der Waals surface area contributed by atoms with Crippen LogP contribution in [0.2, 0.25) is 0 Å². The number of Topliss-reactive ketones (excluding diaryl/α,β-unsaturated/α-hetero) is 1. The normalized spacial score (nSPS) is 27.1. The van der Waals surface area contributed by atoms with Gasteiger partial charge in [0.2, 0.25) is 6.29 Å².